The number of hydrogen-bond acceptors (Lipinski definition) is 4. The minimum absolute atomic E-state index is 0. The van der Waals surface area contributed by atoms with Gasteiger partial charge in [0.15, 0.2) is 5.96 Å². The van der Waals surface area contributed by atoms with E-state index in [1.807, 2.05) is 44.2 Å². The van der Waals surface area contributed by atoms with Crippen LogP contribution < -0.4 is 15.4 Å². The second-order valence-corrected chi connectivity index (χ2v) is 6.54. The number of aliphatic imine (C=N–C) groups is 1. The first-order chi connectivity index (χ1) is 14.5. The highest BCUT2D eigenvalue weighted by molar-refractivity contribution is 14.0. The summed E-state index contributed by atoms with van der Waals surface area (Å²) >= 11 is 0. The molecule has 0 unspecified atom stereocenters. The lowest BCUT2D eigenvalue weighted by Crippen LogP contribution is -2.36. The zero-order chi connectivity index (χ0) is 21.3. The van der Waals surface area contributed by atoms with Gasteiger partial charge in [-0.25, -0.2) is 14.7 Å². The molecule has 2 aromatic carbocycles. The second-order valence-electron chi connectivity index (χ2n) is 6.54. The fourth-order valence-corrected chi connectivity index (χ4v) is 2.84. The van der Waals surface area contributed by atoms with E-state index in [-0.39, 0.29) is 29.7 Å². The number of aromatic nitrogens is 3. The maximum atomic E-state index is 12.7. The molecule has 0 radical (unpaired) electrons. The predicted octanol–water partition coefficient (Wildman–Crippen LogP) is 4.05. The van der Waals surface area contributed by atoms with Crippen LogP contribution in [0.1, 0.15) is 23.6 Å². The van der Waals surface area contributed by atoms with Crippen LogP contribution >= 0.6 is 24.0 Å². The summed E-state index contributed by atoms with van der Waals surface area (Å²) in [6, 6.07) is 12.9. The topological polar surface area (TPSA) is 76.4 Å². The number of alkyl halides is 2. The summed E-state index contributed by atoms with van der Waals surface area (Å²) in [6.45, 7) is 2.43. The molecular weight excluding hydrogens is 517 g/mol. The molecule has 1 aromatic heterocycles. The van der Waals surface area contributed by atoms with Crippen LogP contribution in [0.3, 0.4) is 0 Å². The van der Waals surface area contributed by atoms with Gasteiger partial charge in [0, 0.05) is 18.7 Å². The Bertz CT molecular complexity index is 965. The van der Waals surface area contributed by atoms with Crippen molar-refractivity contribution in [3.63, 3.8) is 0 Å². The number of guanidine groups is 1. The third-order valence-electron chi connectivity index (χ3n) is 4.26. The summed E-state index contributed by atoms with van der Waals surface area (Å²) in [6.07, 6.45) is 3.12. The molecule has 0 saturated carbocycles. The van der Waals surface area contributed by atoms with Crippen molar-refractivity contribution in [3.05, 3.63) is 71.8 Å². The molecule has 0 atom stereocenters. The standard InChI is InChI=1S/C21H24F2N6O.HI/c1-3-25-21(27-12-17-10-15(2)4-9-19(17)30-20(22)23)26-11-16-5-7-18(8-6-16)29-14-24-13-28-29;/h4-10,13-14,20H,3,11-12H2,1-2H3,(H2,25,26,27);1H. The van der Waals surface area contributed by atoms with Crippen molar-refractivity contribution in [1.29, 1.82) is 0 Å². The van der Waals surface area contributed by atoms with Gasteiger partial charge in [0.1, 0.15) is 18.4 Å². The molecule has 0 saturated heterocycles. The quantitative estimate of drug-likeness (QED) is 0.255. The molecule has 3 rings (SSSR count). The normalized spacial score (nSPS) is 11.2. The Balaban J connectivity index is 0.00000341. The number of halogens is 3. The van der Waals surface area contributed by atoms with Crippen molar-refractivity contribution in [1.82, 2.24) is 25.4 Å². The van der Waals surface area contributed by atoms with Gasteiger partial charge in [-0.15, -0.1) is 24.0 Å². The maximum Gasteiger partial charge on any atom is 0.387 e. The van der Waals surface area contributed by atoms with Crippen LogP contribution in [0, 0.1) is 6.92 Å². The summed E-state index contributed by atoms with van der Waals surface area (Å²) in [5, 5.41) is 10.4. The van der Waals surface area contributed by atoms with E-state index in [1.54, 1.807) is 23.1 Å². The smallest absolute Gasteiger partial charge is 0.387 e. The van der Waals surface area contributed by atoms with Gasteiger partial charge in [-0.2, -0.15) is 13.9 Å². The molecule has 0 amide bonds. The Hall–Kier alpha value is -2.76. The number of rotatable bonds is 8. The maximum absolute atomic E-state index is 12.7. The second kappa shape index (κ2) is 12.2. The average molecular weight is 542 g/mol. The van der Waals surface area contributed by atoms with Gasteiger partial charge in [0.25, 0.3) is 0 Å². The summed E-state index contributed by atoms with van der Waals surface area (Å²) in [4.78, 5) is 8.51. The highest BCUT2D eigenvalue weighted by Gasteiger charge is 2.10. The van der Waals surface area contributed by atoms with E-state index in [0.717, 1.165) is 16.8 Å². The SMILES string of the molecule is CCNC(=NCc1ccc(-n2cncn2)cc1)NCc1cc(C)ccc1OC(F)F.I. The molecular formula is C21H25F2IN6O. The van der Waals surface area contributed by atoms with Crippen molar-refractivity contribution < 1.29 is 13.5 Å². The van der Waals surface area contributed by atoms with Gasteiger partial charge in [-0.3, -0.25) is 0 Å². The third kappa shape index (κ3) is 7.46. The average Bonchev–Trinajstić information content (AvgIpc) is 3.27. The van der Waals surface area contributed by atoms with Gasteiger partial charge < -0.3 is 15.4 Å². The number of nitrogens with zero attached hydrogens (tertiary/aromatic N) is 4. The molecule has 31 heavy (non-hydrogen) atoms. The highest BCUT2D eigenvalue weighted by atomic mass is 127. The van der Waals surface area contributed by atoms with Crippen molar-refractivity contribution in [2.24, 2.45) is 4.99 Å². The Morgan fingerprint density at radius 2 is 1.94 bits per heavy atom. The molecule has 2 N–H and O–H groups in total. The van der Waals surface area contributed by atoms with E-state index >= 15 is 0 Å². The molecule has 7 nitrogen and oxygen atoms in total. The first kappa shape index (κ1) is 24.5. The lowest BCUT2D eigenvalue weighted by Gasteiger charge is -2.15. The fourth-order valence-electron chi connectivity index (χ4n) is 2.84. The van der Waals surface area contributed by atoms with Crippen LogP contribution in [0.15, 0.2) is 60.1 Å². The van der Waals surface area contributed by atoms with Crippen LogP contribution in [-0.2, 0) is 13.1 Å². The van der Waals surface area contributed by atoms with Crippen LogP contribution in [0.4, 0.5) is 8.78 Å². The van der Waals surface area contributed by atoms with E-state index in [0.29, 0.717) is 31.2 Å². The Labute approximate surface area is 197 Å². The molecule has 1 heterocycles. The van der Waals surface area contributed by atoms with Gasteiger partial charge in [-0.1, -0.05) is 29.8 Å². The number of benzene rings is 2. The van der Waals surface area contributed by atoms with E-state index in [4.69, 9.17) is 0 Å². The van der Waals surface area contributed by atoms with Gasteiger partial charge >= 0.3 is 6.61 Å². The van der Waals surface area contributed by atoms with Crippen molar-refractivity contribution >= 4 is 29.9 Å². The van der Waals surface area contributed by atoms with Crippen molar-refractivity contribution in [2.45, 2.75) is 33.5 Å². The molecule has 0 spiro atoms. The van der Waals surface area contributed by atoms with E-state index < -0.39 is 6.61 Å². The molecule has 10 heteroatoms. The Morgan fingerprint density at radius 3 is 2.58 bits per heavy atom. The molecule has 166 valence electrons. The number of ether oxygens (including phenoxy) is 1. The summed E-state index contributed by atoms with van der Waals surface area (Å²) in [5.41, 5.74) is 3.53. The van der Waals surface area contributed by atoms with Crippen LogP contribution in [0.2, 0.25) is 0 Å². The van der Waals surface area contributed by atoms with Gasteiger partial charge in [-0.05, 0) is 37.6 Å². The van der Waals surface area contributed by atoms with Crippen LogP contribution in [0.25, 0.3) is 5.69 Å². The number of hydrogen-bond donors (Lipinski definition) is 2. The molecule has 0 aliphatic heterocycles. The van der Waals surface area contributed by atoms with Crippen molar-refractivity contribution in [2.75, 3.05) is 6.54 Å². The zero-order valence-corrected chi connectivity index (χ0v) is 19.6. The number of aryl methyl sites for hydroxylation is 1. The van der Waals surface area contributed by atoms with Crippen LogP contribution in [-0.4, -0.2) is 33.9 Å². The summed E-state index contributed by atoms with van der Waals surface area (Å²) < 4.78 is 31.6. The summed E-state index contributed by atoms with van der Waals surface area (Å²) in [5.74, 6) is 0.741. The Kier molecular flexibility index (Phi) is 9.63. The molecule has 0 fully saturated rings. The third-order valence-corrected chi connectivity index (χ3v) is 4.26. The molecule has 0 aliphatic carbocycles. The lowest BCUT2D eigenvalue weighted by atomic mass is 10.1. The first-order valence-electron chi connectivity index (χ1n) is 9.55. The fraction of sp³-hybridized carbons (Fsp3) is 0.286. The molecule has 0 bridgehead atoms. The van der Waals surface area contributed by atoms with Gasteiger partial charge in [0.2, 0.25) is 0 Å². The Morgan fingerprint density at radius 1 is 1.16 bits per heavy atom. The van der Waals surface area contributed by atoms with E-state index in [2.05, 4.69) is 30.4 Å². The molecule has 3 aromatic rings. The zero-order valence-electron chi connectivity index (χ0n) is 17.3. The minimum atomic E-state index is -2.87. The van der Waals surface area contributed by atoms with Crippen LogP contribution in [0.5, 0.6) is 5.75 Å². The van der Waals surface area contributed by atoms with Crippen molar-refractivity contribution in [3.8, 4) is 11.4 Å². The largest absolute Gasteiger partial charge is 0.434 e. The van der Waals surface area contributed by atoms with Gasteiger partial charge in [0.05, 0.1) is 12.2 Å². The monoisotopic (exact) mass is 542 g/mol. The number of nitrogens with one attached hydrogen (secondary N) is 2. The summed E-state index contributed by atoms with van der Waals surface area (Å²) in [7, 11) is 0. The minimum Gasteiger partial charge on any atom is -0.434 e. The van der Waals surface area contributed by atoms with E-state index in [9.17, 15) is 8.78 Å². The predicted molar refractivity (Wildman–Crippen MR) is 126 cm³/mol. The highest BCUT2D eigenvalue weighted by Crippen LogP contribution is 2.22. The first-order valence-corrected chi connectivity index (χ1v) is 9.55. The van der Waals surface area contributed by atoms with E-state index in [1.165, 1.54) is 6.33 Å². The molecule has 0 aliphatic rings. The lowest BCUT2D eigenvalue weighted by molar-refractivity contribution is -0.0504.